The van der Waals surface area contributed by atoms with Gasteiger partial charge in [-0.3, -0.25) is 9.99 Å². The van der Waals surface area contributed by atoms with Crippen LogP contribution in [0.2, 0.25) is 0 Å². The van der Waals surface area contributed by atoms with Crippen molar-refractivity contribution in [2.45, 2.75) is 0 Å². The van der Waals surface area contributed by atoms with E-state index in [1.54, 1.807) is 23.3 Å². The zero-order chi connectivity index (χ0) is 9.97. The molecular weight excluding hydrogens is 184 g/mol. The summed E-state index contributed by atoms with van der Waals surface area (Å²) in [5, 5.41) is 0. The van der Waals surface area contributed by atoms with Crippen LogP contribution in [0.25, 0.3) is 5.95 Å². The monoisotopic (exact) mass is 192 g/mol. The van der Waals surface area contributed by atoms with Gasteiger partial charge in [-0.15, -0.1) is 0 Å². The molecule has 0 atom stereocenters. The fourth-order valence-corrected chi connectivity index (χ4v) is 0.938. The summed E-state index contributed by atoms with van der Waals surface area (Å²) in [7, 11) is 0. The van der Waals surface area contributed by atoms with Gasteiger partial charge in [0.15, 0.2) is 0 Å². The molecule has 8 heteroatoms. The van der Waals surface area contributed by atoms with Gasteiger partial charge in [-0.2, -0.15) is 15.0 Å². The van der Waals surface area contributed by atoms with Gasteiger partial charge in [-0.25, -0.2) is 10.8 Å². The highest BCUT2D eigenvalue weighted by Gasteiger charge is 2.03. The molecule has 0 fully saturated rings. The lowest BCUT2D eigenvalue weighted by molar-refractivity contribution is 0.900. The van der Waals surface area contributed by atoms with E-state index in [0.29, 0.717) is 5.95 Å². The van der Waals surface area contributed by atoms with Gasteiger partial charge in [0.1, 0.15) is 6.33 Å². The molecule has 72 valence electrons. The molecule has 8 nitrogen and oxygen atoms in total. The molecule has 0 saturated carbocycles. The number of nitrogens with zero attached hydrogens (tertiary/aromatic N) is 5. The van der Waals surface area contributed by atoms with Crippen molar-refractivity contribution < 1.29 is 0 Å². The molecule has 0 aliphatic rings. The first kappa shape index (κ1) is 8.38. The van der Waals surface area contributed by atoms with E-state index in [1.165, 1.54) is 0 Å². The Morgan fingerprint density at radius 3 is 2.79 bits per heavy atom. The minimum absolute atomic E-state index is 0.0941. The number of nitrogens with two attached hydrogens (primary N) is 2. The largest absolute Gasteiger partial charge is 0.368 e. The highest BCUT2D eigenvalue weighted by atomic mass is 15.3. The van der Waals surface area contributed by atoms with Crippen LogP contribution in [0.5, 0.6) is 0 Å². The average Bonchev–Trinajstić information content (AvgIpc) is 2.69. The smallest absolute Gasteiger partial charge is 0.243 e. The highest BCUT2D eigenvalue weighted by Crippen LogP contribution is 2.04. The number of anilines is 2. The number of rotatable bonds is 2. The van der Waals surface area contributed by atoms with Gasteiger partial charge in [0.25, 0.3) is 0 Å². The fourth-order valence-electron chi connectivity index (χ4n) is 0.938. The molecule has 0 radical (unpaired) electrons. The van der Waals surface area contributed by atoms with Gasteiger partial charge in [-0.1, -0.05) is 0 Å². The maximum absolute atomic E-state index is 5.45. The van der Waals surface area contributed by atoms with Gasteiger partial charge in [0.05, 0.1) is 0 Å². The first-order valence-electron chi connectivity index (χ1n) is 3.76. The Balaban J connectivity index is 2.48. The molecule has 2 aromatic heterocycles. The van der Waals surface area contributed by atoms with E-state index in [-0.39, 0.29) is 11.9 Å². The van der Waals surface area contributed by atoms with E-state index in [4.69, 9.17) is 11.6 Å². The van der Waals surface area contributed by atoms with Crippen LogP contribution in [0.1, 0.15) is 0 Å². The third-order valence-corrected chi connectivity index (χ3v) is 1.51. The average molecular weight is 192 g/mol. The van der Waals surface area contributed by atoms with Crippen LogP contribution in [-0.4, -0.2) is 24.5 Å². The zero-order valence-corrected chi connectivity index (χ0v) is 7.12. The Bertz CT molecular complexity index is 421. The number of imidazole rings is 1. The van der Waals surface area contributed by atoms with Crippen LogP contribution >= 0.6 is 0 Å². The second kappa shape index (κ2) is 3.26. The molecule has 2 aromatic rings. The van der Waals surface area contributed by atoms with E-state index in [1.807, 2.05) is 0 Å². The van der Waals surface area contributed by atoms with Gasteiger partial charge in [0.2, 0.25) is 17.8 Å². The Morgan fingerprint density at radius 2 is 2.14 bits per heavy atom. The minimum atomic E-state index is 0.0941. The molecule has 0 aliphatic heterocycles. The van der Waals surface area contributed by atoms with E-state index in [2.05, 4.69) is 25.4 Å². The second-order valence-corrected chi connectivity index (χ2v) is 2.43. The van der Waals surface area contributed by atoms with E-state index in [9.17, 15) is 0 Å². The first-order chi connectivity index (χ1) is 6.79. The predicted octanol–water partition coefficient (Wildman–Crippen LogP) is -1.07. The number of aromatic nitrogens is 5. The quantitative estimate of drug-likeness (QED) is 0.409. The van der Waals surface area contributed by atoms with Crippen molar-refractivity contribution in [3.8, 4) is 5.95 Å². The minimum Gasteiger partial charge on any atom is -0.368 e. The van der Waals surface area contributed by atoms with Crippen molar-refractivity contribution in [1.29, 1.82) is 0 Å². The number of hydrogen-bond acceptors (Lipinski definition) is 7. The van der Waals surface area contributed by atoms with Gasteiger partial charge >= 0.3 is 0 Å². The van der Waals surface area contributed by atoms with Crippen molar-refractivity contribution >= 4 is 11.9 Å². The van der Waals surface area contributed by atoms with Gasteiger partial charge < -0.3 is 5.73 Å². The number of nitrogen functional groups attached to an aromatic ring is 2. The van der Waals surface area contributed by atoms with Crippen molar-refractivity contribution in [2.75, 3.05) is 11.2 Å². The molecule has 2 heterocycles. The summed E-state index contributed by atoms with van der Waals surface area (Å²) in [6, 6.07) is 0. The lowest BCUT2D eigenvalue weighted by atomic mass is 10.8. The normalized spacial score (nSPS) is 10.1. The summed E-state index contributed by atoms with van der Waals surface area (Å²) in [5.41, 5.74) is 7.74. The highest BCUT2D eigenvalue weighted by molar-refractivity contribution is 5.33. The molecular formula is C6H8N8. The van der Waals surface area contributed by atoms with Crippen molar-refractivity contribution in [1.82, 2.24) is 24.5 Å². The Hall–Kier alpha value is -2.22. The van der Waals surface area contributed by atoms with Gasteiger partial charge in [-0.05, 0) is 0 Å². The van der Waals surface area contributed by atoms with Crippen molar-refractivity contribution in [3.05, 3.63) is 18.7 Å². The van der Waals surface area contributed by atoms with Crippen molar-refractivity contribution in [3.63, 3.8) is 0 Å². The van der Waals surface area contributed by atoms with Crippen LogP contribution in [0.3, 0.4) is 0 Å². The Morgan fingerprint density at radius 1 is 1.29 bits per heavy atom. The molecule has 0 aromatic carbocycles. The topological polar surface area (TPSA) is 121 Å². The summed E-state index contributed by atoms with van der Waals surface area (Å²) in [4.78, 5) is 15.5. The van der Waals surface area contributed by atoms with Crippen molar-refractivity contribution in [2.24, 2.45) is 5.84 Å². The molecule has 0 spiro atoms. The number of nitrogens with one attached hydrogen (secondary N) is 1. The van der Waals surface area contributed by atoms with E-state index >= 15 is 0 Å². The maximum atomic E-state index is 5.45. The van der Waals surface area contributed by atoms with Crippen LogP contribution in [0.4, 0.5) is 11.9 Å². The third kappa shape index (κ3) is 1.45. The SMILES string of the molecule is NNc1nc(N)nc(-n2ccnc2)n1. The Labute approximate surface area is 79.0 Å². The summed E-state index contributed by atoms with van der Waals surface area (Å²) >= 11 is 0. The summed E-state index contributed by atoms with van der Waals surface area (Å²) in [5.74, 6) is 5.83. The molecule has 0 saturated heterocycles. The standard InChI is InChI=1S/C6H8N8/c7-4-10-5(13-8)12-6(11-4)14-2-1-9-3-14/h1-3H,8H2,(H3,7,10,11,12,13). The van der Waals surface area contributed by atoms with Crippen LogP contribution < -0.4 is 17.0 Å². The molecule has 14 heavy (non-hydrogen) atoms. The van der Waals surface area contributed by atoms with E-state index < -0.39 is 0 Å². The second-order valence-electron chi connectivity index (χ2n) is 2.43. The fraction of sp³-hybridized carbons (Fsp3) is 0. The third-order valence-electron chi connectivity index (χ3n) is 1.51. The molecule has 0 bridgehead atoms. The summed E-state index contributed by atoms with van der Waals surface area (Å²) in [6.07, 6.45) is 4.85. The zero-order valence-electron chi connectivity index (χ0n) is 7.12. The predicted molar refractivity (Wildman–Crippen MR) is 49.2 cm³/mol. The number of hydrazine groups is 1. The lowest BCUT2D eigenvalue weighted by Gasteiger charge is -2.03. The molecule has 5 N–H and O–H groups in total. The molecule has 2 rings (SSSR count). The van der Waals surface area contributed by atoms with Crippen LogP contribution in [0, 0.1) is 0 Å². The molecule has 0 unspecified atom stereocenters. The summed E-state index contributed by atoms with van der Waals surface area (Å²) < 4.78 is 1.60. The summed E-state index contributed by atoms with van der Waals surface area (Å²) in [6.45, 7) is 0. The molecule has 0 aliphatic carbocycles. The molecule has 0 amide bonds. The Kier molecular flexibility index (Phi) is 1.95. The first-order valence-corrected chi connectivity index (χ1v) is 3.76. The van der Waals surface area contributed by atoms with Crippen LogP contribution in [-0.2, 0) is 0 Å². The lowest BCUT2D eigenvalue weighted by Crippen LogP contribution is -2.14. The number of hydrogen-bond donors (Lipinski definition) is 3. The maximum Gasteiger partial charge on any atom is 0.243 e. The van der Waals surface area contributed by atoms with Crippen LogP contribution in [0.15, 0.2) is 18.7 Å². The van der Waals surface area contributed by atoms with Gasteiger partial charge in [0, 0.05) is 12.4 Å². The van der Waals surface area contributed by atoms with E-state index in [0.717, 1.165) is 0 Å².